The average molecular weight is 404 g/mol. The van der Waals surface area contributed by atoms with Crippen molar-refractivity contribution in [3.63, 3.8) is 0 Å². The Bertz CT molecular complexity index is 813. The predicted octanol–water partition coefficient (Wildman–Crippen LogP) is 6.05. The van der Waals surface area contributed by atoms with E-state index in [1.165, 1.54) is 57.2 Å². The number of hydrogen-bond acceptors (Lipinski definition) is 2. The van der Waals surface area contributed by atoms with Gasteiger partial charge in [-0.3, -0.25) is 4.57 Å². The summed E-state index contributed by atoms with van der Waals surface area (Å²) in [6, 6.07) is 8.11. The minimum atomic E-state index is 0.613. The van der Waals surface area contributed by atoms with Gasteiger partial charge in [-0.05, 0) is 75.1 Å². The number of halogens is 1. The van der Waals surface area contributed by atoms with Gasteiger partial charge in [0.15, 0.2) is 4.77 Å². The van der Waals surface area contributed by atoms with Gasteiger partial charge in [0.2, 0.25) is 0 Å². The summed E-state index contributed by atoms with van der Waals surface area (Å²) in [6.07, 6.45) is 11.7. The minimum absolute atomic E-state index is 0.613. The third-order valence-electron chi connectivity index (χ3n) is 6.08. The van der Waals surface area contributed by atoms with Gasteiger partial charge in [0, 0.05) is 48.2 Å². The van der Waals surface area contributed by atoms with Crippen LogP contribution < -0.4 is 0 Å². The summed E-state index contributed by atoms with van der Waals surface area (Å²) < 4.78 is 5.50. The second kappa shape index (κ2) is 8.50. The maximum atomic E-state index is 6.12. The van der Waals surface area contributed by atoms with Crippen LogP contribution in [0.25, 0.3) is 5.69 Å². The molecule has 5 heteroatoms. The van der Waals surface area contributed by atoms with Crippen LogP contribution in [-0.2, 0) is 6.54 Å². The molecule has 0 unspecified atom stereocenters. The van der Waals surface area contributed by atoms with Gasteiger partial charge in [0.1, 0.15) is 0 Å². The van der Waals surface area contributed by atoms with E-state index >= 15 is 0 Å². The molecule has 2 fully saturated rings. The van der Waals surface area contributed by atoms with Gasteiger partial charge in [0.25, 0.3) is 0 Å². The zero-order valence-corrected chi connectivity index (χ0v) is 17.8. The van der Waals surface area contributed by atoms with Crippen molar-refractivity contribution in [1.29, 1.82) is 0 Å². The van der Waals surface area contributed by atoms with Crippen molar-refractivity contribution in [2.45, 2.75) is 57.4 Å². The van der Waals surface area contributed by atoms with Crippen LogP contribution in [-0.4, -0.2) is 34.2 Å². The third-order valence-corrected chi connectivity index (χ3v) is 6.75. The molecule has 146 valence electrons. The first-order valence-electron chi connectivity index (χ1n) is 10.4. The Kier molecular flexibility index (Phi) is 6.05. The highest BCUT2D eigenvalue weighted by atomic mass is 35.5. The summed E-state index contributed by atoms with van der Waals surface area (Å²) in [5, 5.41) is 0.769. The van der Waals surface area contributed by atoms with Crippen molar-refractivity contribution in [2.24, 2.45) is 5.92 Å². The van der Waals surface area contributed by atoms with E-state index in [0.717, 1.165) is 34.5 Å². The van der Waals surface area contributed by atoms with Crippen LogP contribution >= 0.6 is 23.8 Å². The van der Waals surface area contributed by atoms with Crippen LogP contribution in [0.15, 0.2) is 30.5 Å². The zero-order valence-electron chi connectivity index (χ0n) is 16.2. The summed E-state index contributed by atoms with van der Waals surface area (Å²) in [5.41, 5.74) is 2.52. The van der Waals surface area contributed by atoms with Gasteiger partial charge in [-0.1, -0.05) is 30.9 Å². The number of nitrogens with zero attached hydrogens (tertiary/aromatic N) is 3. The molecule has 27 heavy (non-hydrogen) atoms. The van der Waals surface area contributed by atoms with Crippen molar-refractivity contribution in [2.75, 3.05) is 20.1 Å². The molecule has 0 amide bonds. The molecule has 0 atom stereocenters. The quantitative estimate of drug-likeness (QED) is 0.522. The molecule has 0 spiro atoms. The molecule has 0 saturated heterocycles. The molecular formula is C22H30ClN3S. The second-order valence-corrected chi connectivity index (χ2v) is 9.18. The normalized spacial score (nSPS) is 18.3. The van der Waals surface area contributed by atoms with Gasteiger partial charge in [0.05, 0.1) is 0 Å². The van der Waals surface area contributed by atoms with Gasteiger partial charge in [-0.25, -0.2) is 0 Å². The van der Waals surface area contributed by atoms with E-state index in [9.17, 15) is 0 Å². The molecule has 2 aliphatic carbocycles. The Labute approximate surface area is 172 Å². The fraction of sp³-hybridized carbons (Fsp3) is 0.591. The lowest BCUT2D eigenvalue weighted by molar-refractivity contribution is 0.305. The Balaban J connectivity index is 1.61. The highest BCUT2D eigenvalue weighted by Gasteiger charge is 2.24. The minimum Gasteiger partial charge on any atom is -0.322 e. The molecule has 3 nitrogen and oxygen atoms in total. The fourth-order valence-corrected chi connectivity index (χ4v) is 4.80. The smallest absolute Gasteiger partial charge is 0.184 e. The summed E-state index contributed by atoms with van der Waals surface area (Å²) in [5.74, 6) is 1.54. The fourth-order valence-electron chi connectivity index (χ4n) is 4.32. The van der Waals surface area contributed by atoms with E-state index in [1.807, 2.05) is 12.1 Å². The van der Waals surface area contributed by atoms with E-state index in [1.54, 1.807) is 0 Å². The maximum absolute atomic E-state index is 6.12. The number of imidazole rings is 1. The Morgan fingerprint density at radius 1 is 1.07 bits per heavy atom. The average Bonchev–Trinajstić information content (AvgIpc) is 3.43. The van der Waals surface area contributed by atoms with Crippen molar-refractivity contribution in [3.8, 4) is 5.69 Å². The molecule has 1 heterocycles. The number of benzene rings is 1. The van der Waals surface area contributed by atoms with Crippen LogP contribution in [0.5, 0.6) is 0 Å². The molecule has 0 aliphatic heterocycles. The van der Waals surface area contributed by atoms with Gasteiger partial charge < -0.3 is 9.47 Å². The van der Waals surface area contributed by atoms with Crippen LogP contribution in [0.3, 0.4) is 0 Å². The van der Waals surface area contributed by atoms with Crippen LogP contribution in [0, 0.1) is 10.7 Å². The SMILES string of the molecule is CN(CCn1cc(C2CCCCC2)n(-c2ccc(Cl)cc2)c1=S)CC1CC1. The number of likely N-dealkylation sites (N-methyl/N-ethyl adjacent to an activating group) is 1. The Morgan fingerprint density at radius 3 is 2.44 bits per heavy atom. The van der Waals surface area contributed by atoms with Gasteiger partial charge in [-0.2, -0.15) is 0 Å². The van der Waals surface area contributed by atoms with Crippen LogP contribution in [0.1, 0.15) is 56.6 Å². The predicted molar refractivity (Wildman–Crippen MR) is 116 cm³/mol. The van der Waals surface area contributed by atoms with E-state index in [2.05, 4.69) is 39.4 Å². The number of rotatable bonds is 7. The van der Waals surface area contributed by atoms with Gasteiger partial charge >= 0.3 is 0 Å². The number of aromatic nitrogens is 2. The monoisotopic (exact) mass is 403 g/mol. The zero-order chi connectivity index (χ0) is 18.8. The molecule has 0 bridgehead atoms. The van der Waals surface area contributed by atoms with Crippen molar-refractivity contribution >= 4 is 23.8 Å². The third kappa shape index (κ3) is 4.67. The Hall–Kier alpha value is -1.10. The maximum Gasteiger partial charge on any atom is 0.184 e. The largest absolute Gasteiger partial charge is 0.322 e. The molecule has 2 aromatic rings. The Morgan fingerprint density at radius 2 is 1.78 bits per heavy atom. The van der Waals surface area contributed by atoms with E-state index in [4.69, 9.17) is 23.8 Å². The van der Waals surface area contributed by atoms with Crippen molar-refractivity contribution < 1.29 is 0 Å². The molecule has 0 N–H and O–H groups in total. The first kappa shape index (κ1) is 19.2. The number of hydrogen-bond donors (Lipinski definition) is 0. The standard InChI is InChI=1S/C22H30ClN3S/c1-24(15-17-7-8-17)13-14-25-16-21(18-5-3-2-4-6-18)26(22(25)27)20-11-9-19(23)10-12-20/h9-12,16-18H,2-8,13-15H2,1H3. The van der Waals surface area contributed by atoms with Crippen molar-refractivity contribution in [3.05, 3.63) is 45.9 Å². The summed E-state index contributed by atoms with van der Waals surface area (Å²) in [6.45, 7) is 3.24. The lowest BCUT2D eigenvalue weighted by atomic mass is 9.87. The molecule has 2 aliphatic rings. The highest BCUT2D eigenvalue weighted by molar-refractivity contribution is 7.71. The van der Waals surface area contributed by atoms with E-state index < -0.39 is 0 Å². The molecule has 1 aromatic heterocycles. The first-order valence-corrected chi connectivity index (χ1v) is 11.2. The lowest BCUT2D eigenvalue weighted by Gasteiger charge is -2.22. The van der Waals surface area contributed by atoms with E-state index in [0.29, 0.717) is 5.92 Å². The first-order chi connectivity index (χ1) is 13.1. The van der Waals surface area contributed by atoms with Gasteiger partial charge in [-0.15, -0.1) is 0 Å². The highest BCUT2D eigenvalue weighted by Crippen LogP contribution is 2.35. The van der Waals surface area contributed by atoms with E-state index in [-0.39, 0.29) is 0 Å². The van der Waals surface area contributed by atoms with Crippen LogP contribution in [0.2, 0.25) is 5.02 Å². The molecule has 0 radical (unpaired) electrons. The van der Waals surface area contributed by atoms with Crippen molar-refractivity contribution in [1.82, 2.24) is 14.0 Å². The molecule has 2 saturated carbocycles. The van der Waals surface area contributed by atoms with Crippen LogP contribution in [0.4, 0.5) is 0 Å². The lowest BCUT2D eigenvalue weighted by Crippen LogP contribution is -2.25. The summed E-state index contributed by atoms with van der Waals surface area (Å²) in [7, 11) is 2.24. The summed E-state index contributed by atoms with van der Waals surface area (Å²) in [4.78, 5) is 2.46. The second-order valence-electron chi connectivity index (χ2n) is 8.38. The topological polar surface area (TPSA) is 13.1 Å². The molecule has 1 aromatic carbocycles. The molecule has 4 rings (SSSR count). The summed E-state index contributed by atoms with van der Waals surface area (Å²) >= 11 is 12.0. The molecular weight excluding hydrogens is 374 g/mol.